The minimum atomic E-state index is -4.29. The van der Waals surface area contributed by atoms with Gasteiger partial charge in [0.25, 0.3) is 0 Å². The summed E-state index contributed by atoms with van der Waals surface area (Å²) in [4.78, 5) is 13.3. The quantitative estimate of drug-likeness (QED) is 0.605. The predicted molar refractivity (Wildman–Crippen MR) is 113 cm³/mol. The lowest BCUT2D eigenvalue weighted by Gasteiger charge is -2.34. The molecule has 3 N–H and O–H groups in total. The first-order valence-electron chi connectivity index (χ1n) is 11.0. The molecule has 2 aromatic heterocycles. The number of hydrogen-bond acceptors (Lipinski definition) is 7. The number of nitrogens with zero attached hydrogens (tertiary/aromatic N) is 3. The minimum absolute atomic E-state index is 0.120. The fraction of sp³-hybridized carbons (Fsp3) is 0.682. The largest absolute Gasteiger partial charge is 0.474 e. The Morgan fingerprint density at radius 1 is 1.22 bits per heavy atom. The Morgan fingerprint density at radius 2 is 1.91 bits per heavy atom. The molecule has 2 saturated carbocycles. The predicted octanol–water partition coefficient (Wildman–Crippen LogP) is 4.09. The molecule has 0 spiro atoms. The van der Waals surface area contributed by atoms with Crippen LogP contribution < -0.4 is 10.1 Å². The van der Waals surface area contributed by atoms with Crippen molar-refractivity contribution in [2.24, 2.45) is 0 Å². The fourth-order valence-electron chi connectivity index (χ4n) is 4.44. The molecule has 10 heteroatoms. The van der Waals surface area contributed by atoms with Crippen LogP contribution in [-0.4, -0.2) is 55.2 Å². The van der Waals surface area contributed by atoms with Crippen LogP contribution in [0.15, 0.2) is 12.4 Å². The molecular formula is C22H29F3N4O3. The Balaban J connectivity index is 1.64. The second-order valence-electron chi connectivity index (χ2n) is 9.48. The average molecular weight is 454 g/mol. The van der Waals surface area contributed by atoms with E-state index in [1.54, 1.807) is 6.20 Å². The van der Waals surface area contributed by atoms with Crippen molar-refractivity contribution in [1.82, 2.24) is 15.0 Å². The van der Waals surface area contributed by atoms with Crippen molar-refractivity contribution in [3.8, 4) is 5.88 Å². The number of ether oxygens (including phenoxy) is 1. The maximum Gasteiger partial charge on any atom is 0.391 e. The highest BCUT2D eigenvalue weighted by molar-refractivity contribution is 5.86. The van der Waals surface area contributed by atoms with Crippen LogP contribution in [0.5, 0.6) is 5.88 Å². The van der Waals surface area contributed by atoms with E-state index in [1.807, 2.05) is 6.92 Å². The number of aromatic nitrogens is 3. The summed E-state index contributed by atoms with van der Waals surface area (Å²) < 4.78 is 44.1. The Morgan fingerprint density at radius 3 is 2.53 bits per heavy atom. The molecule has 2 fully saturated rings. The monoisotopic (exact) mass is 454 g/mol. The molecule has 32 heavy (non-hydrogen) atoms. The third-order valence-electron chi connectivity index (χ3n) is 6.38. The molecule has 0 aliphatic heterocycles. The van der Waals surface area contributed by atoms with E-state index in [1.165, 1.54) is 13.1 Å². The first kappa shape index (κ1) is 23.0. The Labute approximate surface area is 184 Å². The van der Waals surface area contributed by atoms with Crippen LogP contribution in [0, 0.1) is 0 Å². The highest BCUT2D eigenvalue weighted by Crippen LogP contribution is 2.41. The molecule has 0 unspecified atom stereocenters. The number of aliphatic hydroxyl groups is 2. The maximum atomic E-state index is 12.7. The van der Waals surface area contributed by atoms with Gasteiger partial charge in [0.05, 0.1) is 29.0 Å². The van der Waals surface area contributed by atoms with Crippen molar-refractivity contribution < 1.29 is 28.1 Å². The molecule has 1 atom stereocenters. The summed E-state index contributed by atoms with van der Waals surface area (Å²) in [5.41, 5.74) is 0.784. The molecule has 0 aromatic carbocycles. The molecule has 2 aliphatic rings. The third-order valence-corrected chi connectivity index (χ3v) is 6.38. The van der Waals surface area contributed by atoms with Crippen LogP contribution >= 0.6 is 0 Å². The van der Waals surface area contributed by atoms with Crippen LogP contribution in [0.25, 0.3) is 10.9 Å². The van der Waals surface area contributed by atoms with Crippen molar-refractivity contribution in [3.05, 3.63) is 18.0 Å². The van der Waals surface area contributed by atoms with Gasteiger partial charge in [-0.2, -0.15) is 13.2 Å². The van der Waals surface area contributed by atoms with Gasteiger partial charge in [0.15, 0.2) is 0 Å². The lowest BCUT2D eigenvalue weighted by molar-refractivity contribution is -0.136. The number of pyridine rings is 1. The number of fused-ring (bicyclic) bond motifs is 1. The van der Waals surface area contributed by atoms with Gasteiger partial charge in [-0.1, -0.05) is 0 Å². The van der Waals surface area contributed by atoms with E-state index >= 15 is 0 Å². The van der Waals surface area contributed by atoms with E-state index in [4.69, 9.17) is 4.74 Å². The molecule has 2 heterocycles. The molecule has 4 rings (SSSR count). The number of alkyl halides is 3. The summed E-state index contributed by atoms with van der Waals surface area (Å²) >= 11 is 0. The van der Waals surface area contributed by atoms with Gasteiger partial charge in [-0.05, 0) is 45.4 Å². The SMILES string of the molecule is C[C@@H](CC(F)(F)F)Nc1ncc2c(O[C@H]3C[C@@H](O)C3)ncc([C@H]3CC[C@@](C)(O)CC3)c2n1. The lowest BCUT2D eigenvalue weighted by Crippen LogP contribution is -2.37. The number of nitrogens with one attached hydrogen (secondary N) is 1. The summed E-state index contributed by atoms with van der Waals surface area (Å²) in [5.74, 6) is 0.605. The van der Waals surface area contributed by atoms with Crippen molar-refractivity contribution in [2.45, 2.75) is 94.7 Å². The number of anilines is 1. The van der Waals surface area contributed by atoms with Gasteiger partial charge < -0.3 is 20.3 Å². The molecule has 0 saturated heterocycles. The van der Waals surface area contributed by atoms with E-state index in [-0.39, 0.29) is 24.1 Å². The maximum absolute atomic E-state index is 12.7. The normalized spacial score (nSPS) is 29.4. The van der Waals surface area contributed by atoms with Gasteiger partial charge in [0.2, 0.25) is 11.8 Å². The lowest BCUT2D eigenvalue weighted by atomic mass is 9.77. The second kappa shape index (κ2) is 8.62. The highest BCUT2D eigenvalue weighted by atomic mass is 19.4. The zero-order valence-corrected chi connectivity index (χ0v) is 18.2. The van der Waals surface area contributed by atoms with Gasteiger partial charge in [0.1, 0.15) is 6.10 Å². The third kappa shape index (κ3) is 5.40. The van der Waals surface area contributed by atoms with E-state index in [0.717, 1.165) is 18.4 Å². The summed E-state index contributed by atoms with van der Waals surface area (Å²) in [5, 5.41) is 23.2. The highest BCUT2D eigenvalue weighted by Gasteiger charge is 2.33. The van der Waals surface area contributed by atoms with Gasteiger partial charge in [0, 0.05) is 36.8 Å². The number of rotatable bonds is 6. The van der Waals surface area contributed by atoms with E-state index in [9.17, 15) is 23.4 Å². The van der Waals surface area contributed by atoms with Gasteiger partial charge in [-0.25, -0.2) is 15.0 Å². The first-order chi connectivity index (χ1) is 15.0. The molecule has 2 aromatic rings. The van der Waals surface area contributed by atoms with Crippen molar-refractivity contribution in [1.29, 1.82) is 0 Å². The van der Waals surface area contributed by atoms with Crippen LogP contribution in [0.3, 0.4) is 0 Å². The summed E-state index contributed by atoms with van der Waals surface area (Å²) in [6.45, 7) is 3.27. The second-order valence-corrected chi connectivity index (χ2v) is 9.48. The zero-order chi connectivity index (χ0) is 23.1. The van der Waals surface area contributed by atoms with Crippen LogP contribution in [0.1, 0.15) is 70.3 Å². The van der Waals surface area contributed by atoms with Gasteiger partial charge in [-0.15, -0.1) is 0 Å². The molecule has 176 valence electrons. The van der Waals surface area contributed by atoms with Crippen LogP contribution in [-0.2, 0) is 0 Å². The smallest absolute Gasteiger partial charge is 0.391 e. The molecule has 0 amide bonds. The van der Waals surface area contributed by atoms with Crippen LogP contribution in [0.2, 0.25) is 0 Å². The van der Waals surface area contributed by atoms with E-state index in [2.05, 4.69) is 20.3 Å². The fourth-order valence-corrected chi connectivity index (χ4v) is 4.44. The molecular weight excluding hydrogens is 425 g/mol. The first-order valence-corrected chi connectivity index (χ1v) is 11.0. The zero-order valence-electron chi connectivity index (χ0n) is 18.2. The molecule has 0 radical (unpaired) electrons. The standard InChI is InChI=1S/C22H29F3N4O3/c1-12(9-22(23,24)25)28-20-27-11-17-18(29-20)16(13-3-5-21(2,31)6-4-13)10-26-19(17)32-15-7-14(30)8-15/h10-15,30-31H,3-9H2,1-2H3,(H,27,28,29)/t12-,13-,14-,15+,21+/m0/s1. The average Bonchev–Trinajstić information content (AvgIpc) is 2.65. The Kier molecular flexibility index (Phi) is 6.19. The molecule has 0 bridgehead atoms. The minimum Gasteiger partial charge on any atom is -0.474 e. The molecule has 7 nitrogen and oxygen atoms in total. The number of hydrogen-bond donors (Lipinski definition) is 3. The molecule has 2 aliphatic carbocycles. The van der Waals surface area contributed by atoms with Gasteiger partial charge in [-0.3, -0.25) is 0 Å². The van der Waals surface area contributed by atoms with Crippen molar-refractivity contribution in [2.75, 3.05) is 5.32 Å². The number of aliphatic hydroxyl groups excluding tert-OH is 1. The number of halogens is 3. The Hall–Kier alpha value is -2.20. The summed E-state index contributed by atoms with van der Waals surface area (Å²) in [6, 6.07) is -0.880. The summed E-state index contributed by atoms with van der Waals surface area (Å²) in [6.07, 6.45) is 1.33. The van der Waals surface area contributed by atoms with Crippen molar-refractivity contribution in [3.63, 3.8) is 0 Å². The topological polar surface area (TPSA) is 100 Å². The van der Waals surface area contributed by atoms with E-state index < -0.39 is 24.2 Å². The van der Waals surface area contributed by atoms with Gasteiger partial charge >= 0.3 is 6.18 Å². The Bertz CT molecular complexity index is 953. The van der Waals surface area contributed by atoms with E-state index in [0.29, 0.717) is 42.5 Å². The summed E-state index contributed by atoms with van der Waals surface area (Å²) in [7, 11) is 0. The van der Waals surface area contributed by atoms with Crippen LogP contribution in [0.4, 0.5) is 19.1 Å². The van der Waals surface area contributed by atoms with Crippen molar-refractivity contribution >= 4 is 16.9 Å².